The van der Waals surface area contributed by atoms with Gasteiger partial charge in [0.15, 0.2) is 0 Å². The smallest absolute Gasteiger partial charge is 0.118 e. The van der Waals surface area contributed by atoms with Crippen molar-refractivity contribution in [1.82, 2.24) is 4.57 Å². The molecular weight excluding hydrogens is 210 g/mol. The van der Waals surface area contributed by atoms with Crippen LogP contribution in [0.1, 0.15) is 12.6 Å². The highest BCUT2D eigenvalue weighted by atomic mass is 16.5. The van der Waals surface area contributed by atoms with Crippen molar-refractivity contribution in [3.05, 3.63) is 48.8 Å². The fraction of sp³-hybridized carbons (Fsp3) is 0.200. The maximum absolute atomic E-state index is 5.16. The first-order valence-corrected chi connectivity index (χ1v) is 5.76. The van der Waals surface area contributed by atoms with Crippen molar-refractivity contribution >= 4 is 6.08 Å². The van der Waals surface area contributed by atoms with Crippen LogP contribution in [0.25, 0.3) is 17.2 Å². The second-order valence-electron chi connectivity index (χ2n) is 3.83. The molecule has 0 atom stereocenters. The third-order valence-electron chi connectivity index (χ3n) is 2.94. The zero-order valence-corrected chi connectivity index (χ0v) is 10.3. The van der Waals surface area contributed by atoms with Gasteiger partial charge in [-0.15, -0.1) is 0 Å². The van der Waals surface area contributed by atoms with Crippen LogP contribution in [-0.4, -0.2) is 11.7 Å². The number of hydrogen-bond donors (Lipinski definition) is 0. The maximum Gasteiger partial charge on any atom is 0.118 e. The number of ether oxygens (including phenoxy) is 1. The molecule has 0 saturated carbocycles. The Morgan fingerprint density at radius 1 is 1.24 bits per heavy atom. The summed E-state index contributed by atoms with van der Waals surface area (Å²) in [4.78, 5) is 0. The van der Waals surface area contributed by atoms with Crippen molar-refractivity contribution in [3.63, 3.8) is 0 Å². The summed E-state index contributed by atoms with van der Waals surface area (Å²) in [5.41, 5.74) is 3.56. The topological polar surface area (TPSA) is 14.2 Å². The normalized spacial score (nSPS) is 10.2. The minimum Gasteiger partial charge on any atom is -0.497 e. The van der Waals surface area contributed by atoms with Gasteiger partial charge in [0.2, 0.25) is 0 Å². The Kier molecular flexibility index (Phi) is 3.33. The van der Waals surface area contributed by atoms with Crippen molar-refractivity contribution in [1.29, 1.82) is 0 Å². The fourth-order valence-corrected chi connectivity index (χ4v) is 2.00. The first kappa shape index (κ1) is 11.5. The molecule has 0 bridgehead atoms. The van der Waals surface area contributed by atoms with Gasteiger partial charge in [-0.05, 0) is 36.8 Å². The summed E-state index contributed by atoms with van der Waals surface area (Å²) in [6.07, 6.45) is 4.00. The third kappa shape index (κ3) is 2.11. The van der Waals surface area contributed by atoms with E-state index in [0.717, 1.165) is 18.0 Å². The minimum absolute atomic E-state index is 0.879. The predicted octanol–water partition coefficient (Wildman–Crippen LogP) is 3.83. The molecule has 0 aliphatic rings. The molecular formula is C15H17NO. The van der Waals surface area contributed by atoms with Crippen molar-refractivity contribution in [2.24, 2.45) is 0 Å². The average Bonchev–Trinajstić information content (AvgIpc) is 2.81. The summed E-state index contributed by atoms with van der Waals surface area (Å²) in [5, 5.41) is 0. The summed E-state index contributed by atoms with van der Waals surface area (Å²) in [6.45, 7) is 6.97. The van der Waals surface area contributed by atoms with Gasteiger partial charge in [0.1, 0.15) is 5.75 Å². The van der Waals surface area contributed by atoms with Crippen molar-refractivity contribution in [3.8, 4) is 16.9 Å². The Labute approximate surface area is 102 Å². The first-order chi connectivity index (χ1) is 8.30. The number of aryl methyl sites for hydroxylation is 1. The number of methoxy groups -OCH3 is 1. The lowest BCUT2D eigenvalue weighted by Crippen LogP contribution is -1.94. The van der Waals surface area contributed by atoms with Crippen molar-refractivity contribution in [2.45, 2.75) is 13.5 Å². The molecule has 2 rings (SSSR count). The van der Waals surface area contributed by atoms with Gasteiger partial charge in [0.25, 0.3) is 0 Å². The van der Waals surface area contributed by atoms with Crippen LogP contribution in [0, 0.1) is 0 Å². The summed E-state index contributed by atoms with van der Waals surface area (Å²) in [5.74, 6) is 0.879. The van der Waals surface area contributed by atoms with E-state index in [1.54, 1.807) is 7.11 Å². The second kappa shape index (κ2) is 4.91. The van der Waals surface area contributed by atoms with Crippen LogP contribution in [0.15, 0.2) is 43.1 Å². The number of aromatic nitrogens is 1. The third-order valence-corrected chi connectivity index (χ3v) is 2.94. The first-order valence-electron chi connectivity index (χ1n) is 5.76. The van der Waals surface area contributed by atoms with E-state index in [1.165, 1.54) is 11.1 Å². The molecule has 1 aromatic heterocycles. The van der Waals surface area contributed by atoms with E-state index < -0.39 is 0 Å². The summed E-state index contributed by atoms with van der Waals surface area (Å²) in [7, 11) is 1.68. The van der Waals surface area contributed by atoms with Gasteiger partial charge in [0.05, 0.1) is 7.11 Å². The Bertz CT molecular complexity index is 508. The number of rotatable bonds is 4. The Hall–Kier alpha value is -1.96. The summed E-state index contributed by atoms with van der Waals surface area (Å²) < 4.78 is 7.35. The largest absolute Gasteiger partial charge is 0.497 e. The van der Waals surface area contributed by atoms with Crippen molar-refractivity contribution in [2.75, 3.05) is 7.11 Å². The molecule has 0 aliphatic carbocycles. The molecule has 0 unspecified atom stereocenters. The molecule has 0 saturated heterocycles. The summed E-state index contributed by atoms with van der Waals surface area (Å²) in [6, 6.07) is 10.2. The van der Waals surface area contributed by atoms with Gasteiger partial charge in [-0.25, -0.2) is 0 Å². The van der Waals surface area contributed by atoms with E-state index >= 15 is 0 Å². The second-order valence-corrected chi connectivity index (χ2v) is 3.83. The van der Waals surface area contributed by atoms with Crippen LogP contribution in [0.3, 0.4) is 0 Å². The highest BCUT2D eigenvalue weighted by molar-refractivity contribution is 5.73. The molecule has 1 aromatic carbocycles. The number of hydrogen-bond acceptors (Lipinski definition) is 1. The molecule has 0 spiro atoms. The zero-order valence-electron chi connectivity index (χ0n) is 10.3. The van der Waals surface area contributed by atoms with E-state index in [2.05, 4.69) is 42.5 Å². The van der Waals surface area contributed by atoms with E-state index in [0.29, 0.717) is 0 Å². The number of nitrogens with zero attached hydrogens (tertiary/aromatic N) is 1. The highest BCUT2D eigenvalue weighted by Gasteiger charge is 2.07. The summed E-state index contributed by atoms with van der Waals surface area (Å²) >= 11 is 0. The van der Waals surface area contributed by atoms with Gasteiger partial charge in [-0.1, -0.05) is 18.7 Å². The van der Waals surface area contributed by atoms with Crippen LogP contribution in [0.2, 0.25) is 0 Å². The van der Waals surface area contributed by atoms with Gasteiger partial charge >= 0.3 is 0 Å². The van der Waals surface area contributed by atoms with E-state index in [1.807, 2.05) is 18.2 Å². The average molecular weight is 227 g/mol. The van der Waals surface area contributed by atoms with Crippen LogP contribution in [0.4, 0.5) is 0 Å². The van der Waals surface area contributed by atoms with E-state index in [4.69, 9.17) is 4.74 Å². The molecule has 1 heterocycles. The lowest BCUT2D eigenvalue weighted by Gasteiger charge is -2.06. The monoisotopic (exact) mass is 227 g/mol. The fourth-order valence-electron chi connectivity index (χ4n) is 2.00. The van der Waals surface area contributed by atoms with Gasteiger partial charge in [-0.2, -0.15) is 0 Å². The van der Waals surface area contributed by atoms with Crippen molar-refractivity contribution < 1.29 is 4.74 Å². The van der Waals surface area contributed by atoms with E-state index in [-0.39, 0.29) is 0 Å². The zero-order chi connectivity index (χ0) is 12.3. The van der Waals surface area contributed by atoms with Gasteiger partial charge < -0.3 is 9.30 Å². The van der Waals surface area contributed by atoms with Crippen LogP contribution < -0.4 is 4.74 Å². The lowest BCUT2D eigenvalue weighted by molar-refractivity contribution is 0.415. The molecule has 17 heavy (non-hydrogen) atoms. The standard InChI is InChI=1S/C15H17NO/c1-4-15-14(10-11-16(15)5-2)12-6-8-13(17-3)9-7-12/h4,6-11H,1,5H2,2-3H3. The van der Waals surface area contributed by atoms with Crippen LogP contribution >= 0.6 is 0 Å². The van der Waals surface area contributed by atoms with Gasteiger partial charge in [0, 0.05) is 24.0 Å². The van der Waals surface area contributed by atoms with Crippen LogP contribution in [-0.2, 0) is 6.54 Å². The number of benzene rings is 1. The molecule has 0 N–H and O–H groups in total. The minimum atomic E-state index is 0.879. The molecule has 0 fully saturated rings. The predicted molar refractivity (Wildman–Crippen MR) is 72.2 cm³/mol. The molecule has 2 heteroatoms. The SMILES string of the molecule is C=Cc1c(-c2ccc(OC)cc2)ccn1CC. The molecule has 0 aliphatic heterocycles. The van der Waals surface area contributed by atoms with Gasteiger partial charge in [-0.3, -0.25) is 0 Å². The molecule has 0 radical (unpaired) electrons. The molecule has 0 amide bonds. The quantitative estimate of drug-likeness (QED) is 0.774. The molecule has 2 nitrogen and oxygen atoms in total. The Morgan fingerprint density at radius 3 is 2.47 bits per heavy atom. The molecule has 88 valence electrons. The highest BCUT2D eigenvalue weighted by Crippen LogP contribution is 2.27. The molecule has 2 aromatic rings. The maximum atomic E-state index is 5.16. The van der Waals surface area contributed by atoms with E-state index in [9.17, 15) is 0 Å². The lowest BCUT2D eigenvalue weighted by atomic mass is 10.1. The Morgan fingerprint density at radius 2 is 1.94 bits per heavy atom. The Balaban J connectivity index is 2.44. The van der Waals surface area contributed by atoms with Crippen LogP contribution in [0.5, 0.6) is 5.75 Å².